The van der Waals surface area contributed by atoms with Crippen molar-refractivity contribution in [2.75, 3.05) is 13.2 Å². The Labute approximate surface area is 513 Å². The van der Waals surface area contributed by atoms with Gasteiger partial charge in [0.05, 0.1) is 0 Å². The summed E-state index contributed by atoms with van der Waals surface area (Å²) < 4.78 is 16.9. The van der Waals surface area contributed by atoms with Crippen molar-refractivity contribution in [3.05, 3.63) is 122 Å². The maximum Gasteiger partial charge on any atom is 0.306 e. The van der Waals surface area contributed by atoms with Crippen LogP contribution >= 0.6 is 0 Å². The second-order valence-corrected chi connectivity index (χ2v) is 23.1. The Morgan fingerprint density at radius 1 is 0.253 bits per heavy atom. The normalized spacial score (nSPS) is 12.9. The molecule has 0 aliphatic rings. The second-order valence-electron chi connectivity index (χ2n) is 23.1. The molecular formula is C77H130O6. The van der Waals surface area contributed by atoms with E-state index in [4.69, 9.17) is 14.2 Å². The summed E-state index contributed by atoms with van der Waals surface area (Å²) in [5.74, 6) is -0.891. The van der Waals surface area contributed by atoms with Gasteiger partial charge in [0.25, 0.3) is 0 Å². The van der Waals surface area contributed by atoms with Gasteiger partial charge in [0.15, 0.2) is 6.10 Å². The molecule has 6 heteroatoms. The van der Waals surface area contributed by atoms with Gasteiger partial charge in [-0.2, -0.15) is 0 Å². The predicted octanol–water partition coefficient (Wildman–Crippen LogP) is 24.3. The van der Waals surface area contributed by atoms with E-state index in [1.165, 1.54) is 161 Å². The molecule has 0 aromatic rings. The van der Waals surface area contributed by atoms with Crippen LogP contribution < -0.4 is 0 Å². The molecule has 0 radical (unpaired) electrons. The molecule has 1 unspecified atom stereocenters. The van der Waals surface area contributed by atoms with Gasteiger partial charge in [-0.25, -0.2) is 0 Å². The first-order valence-corrected chi connectivity index (χ1v) is 35.0. The number of carbonyl (C=O) groups is 3. The first kappa shape index (κ1) is 78.8. The molecule has 0 aliphatic carbocycles. The van der Waals surface area contributed by atoms with Gasteiger partial charge < -0.3 is 14.2 Å². The van der Waals surface area contributed by atoms with Crippen LogP contribution in [-0.4, -0.2) is 37.2 Å². The fourth-order valence-electron chi connectivity index (χ4n) is 9.73. The number of unbranched alkanes of at least 4 members (excludes halogenated alkanes) is 32. The standard InChI is InChI=1S/C77H130O6/c1-4-7-10-13-16-19-22-25-27-29-30-31-32-33-34-35-36-37-38-39-40-41-42-43-44-45-46-48-49-52-55-58-61-64-67-70-76(79)82-73-74(72-81-75(78)69-66-63-60-57-54-51-24-21-18-15-12-9-6-3)83-77(80)71-68-65-62-59-56-53-50-47-28-26-23-20-17-14-11-8-5-2/h7,10,16,19,21,24-25,27,30-31,33-34,36-37,39-40,42-43,45-46,74H,4-6,8-9,11-15,17-18,20,22-23,26,28-29,32,35,38,41,44,47-73H2,1-3H3/b10-7-,19-16-,24-21-,27-25-,31-30-,34-33-,37-36-,40-39-,43-42-,46-45-. The van der Waals surface area contributed by atoms with E-state index in [0.717, 1.165) is 128 Å². The molecule has 0 rings (SSSR count). The van der Waals surface area contributed by atoms with Gasteiger partial charge in [0.1, 0.15) is 13.2 Å². The van der Waals surface area contributed by atoms with Crippen molar-refractivity contribution in [1.29, 1.82) is 0 Å². The largest absolute Gasteiger partial charge is 0.462 e. The van der Waals surface area contributed by atoms with Crippen molar-refractivity contribution in [3.8, 4) is 0 Å². The van der Waals surface area contributed by atoms with Crippen LogP contribution in [0.25, 0.3) is 0 Å². The number of allylic oxidation sites excluding steroid dienone is 20. The van der Waals surface area contributed by atoms with E-state index in [0.29, 0.717) is 19.3 Å². The summed E-state index contributed by atoms with van der Waals surface area (Å²) in [5, 5.41) is 0. The van der Waals surface area contributed by atoms with Crippen molar-refractivity contribution in [3.63, 3.8) is 0 Å². The molecule has 0 aromatic heterocycles. The highest BCUT2D eigenvalue weighted by Crippen LogP contribution is 2.17. The third-order valence-electron chi connectivity index (χ3n) is 15.0. The Morgan fingerprint density at radius 3 is 0.759 bits per heavy atom. The van der Waals surface area contributed by atoms with Gasteiger partial charge >= 0.3 is 17.9 Å². The molecule has 0 heterocycles. The summed E-state index contributed by atoms with van der Waals surface area (Å²) in [4.78, 5) is 38.4. The first-order valence-electron chi connectivity index (χ1n) is 35.0. The molecule has 1 atom stereocenters. The maximum absolute atomic E-state index is 12.9. The lowest BCUT2D eigenvalue weighted by molar-refractivity contribution is -0.167. The minimum absolute atomic E-state index is 0.0837. The van der Waals surface area contributed by atoms with Crippen molar-refractivity contribution >= 4 is 17.9 Å². The van der Waals surface area contributed by atoms with Gasteiger partial charge in [-0.3, -0.25) is 14.4 Å². The molecular weight excluding hydrogens is 1020 g/mol. The Morgan fingerprint density at radius 2 is 0.470 bits per heavy atom. The maximum atomic E-state index is 12.9. The van der Waals surface area contributed by atoms with Crippen molar-refractivity contribution in [2.24, 2.45) is 0 Å². The lowest BCUT2D eigenvalue weighted by atomic mass is 10.0. The summed E-state index contributed by atoms with van der Waals surface area (Å²) in [6, 6.07) is 0. The van der Waals surface area contributed by atoms with E-state index in [9.17, 15) is 14.4 Å². The van der Waals surface area contributed by atoms with E-state index in [1.807, 2.05) is 0 Å². The number of hydrogen-bond acceptors (Lipinski definition) is 6. The monoisotopic (exact) mass is 1150 g/mol. The molecule has 0 saturated heterocycles. The zero-order valence-electron chi connectivity index (χ0n) is 54.4. The Balaban J connectivity index is 4.27. The molecule has 0 N–H and O–H groups in total. The molecule has 0 aromatic carbocycles. The van der Waals surface area contributed by atoms with E-state index in [-0.39, 0.29) is 31.1 Å². The van der Waals surface area contributed by atoms with Gasteiger partial charge in [0.2, 0.25) is 0 Å². The lowest BCUT2D eigenvalue weighted by Gasteiger charge is -2.18. The first-order chi connectivity index (χ1) is 41.0. The summed E-state index contributed by atoms with van der Waals surface area (Å²) >= 11 is 0. The number of esters is 3. The quantitative estimate of drug-likeness (QED) is 0.0261. The van der Waals surface area contributed by atoms with Crippen LogP contribution in [0.15, 0.2) is 122 Å². The predicted molar refractivity (Wildman–Crippen MR) is 362 cm³/mol. The van der Waals surface area contributed by atoms with Gasteiger partial charge in [-0.1, -0.05) is 316 Å². The van der Waals surface area contributed by atoms with Crippen LogP contribution in [0, 0.1) is 0 Å². The van der Waals surface area contributed by atoms with Crippen molar-refractivity contribution in [1.82, 2.24) is 0 Å². The summed E-state index contributed by atoms with van der Waals surface area (Å²) in [6.07, 6.45) is 97.9. The van der Waals surface area contributed by atoms with Gasteiger partial charge in [-0.05, 0) is 116 Å². The number of hydrogen-bond donors (Lipinski definition) is 0. The number of rotatable bonds is 63. The van der Waals surface area contributed by atoms with E-state index in [2.05, 4.69) is 142 Å². The molecule has 0 fully saturated rings. The summed E-state index contributed by atoms with van der Waals surface area (Å²) in [5.41, 5.74) is 0. The molecule has 0 amide bonds. The summed E-state index contributed by atoms with van der Waals surface area (Å²) in [7, 11) is 0. The van der Waals surface area contributed by atoms with Crippen molar-refractivity contribution < 1.29 is 28.6 Å². The molecule has 0 aliphatic heterocycles. The van der Waals surface area contributed by atoms with Crippen LogP contribution in [0.5, 0.6) is 0 Å². The van der Waals surface area contributed by atoms with Gasteiger partial charge in [0, 0.05) is 19.3 Å². The Bertz CT molecular complexity index is 1700. The molecule has 0 bridgehead atoms. The minimum Gasteiger partial charge on any atom is -0.462 e. The smallest absolute Gasteiger partial charge is 0.306 e. The average molecular weight is 1150 g/mol. The third kappa shape index (κ3) is 68.5. The summed E-state index contributed by atoms with van der Waals surface area (Å²) in [6.45, 7) is 6.53. The van der Waals surface area contributed by atoms with E-state index >= 15 is 0 Å². The number of carbonyl (C=O) groups excluding carboxylic acids is 3. The third-order valence-corrected chi connectivity index (χ3v) is 15.0. The molecule has 0 spiro atoms. The zero-order valence-corrected chi connectivity index (χ0v) is 54.4. The highest BCUT2D eigenvalue weighted by molar-refractivity contribution is 5.71. The highest BCUT2D eigenvalue weighted by atomic mass is 16.6. The zero-order chi connectivity index (χ0) is 59.9. The van der Waals surface area contributed by atoms with E-state index in [1.54, 1.807) is 0 Å². The second kappa shape index (κ2) is 70.3. The van der Waals surface area contributed by atoms with Crippen LogP contribution in [0.1, 0.15) is 329 Å². The topological polar surface area (TPSA) is 78.9 Å². The fourth-order valence-corrected chi connectivity index (χ4v) is 9.73. The van der Waals surface area contributed by atoms with Crippen LogP contribution in [0.3, 0.4) is 0 Å². The van der Waals surface area contributed by atoms with E-state index < -0.39 is 6.10 Å². The molecule has 0 saturated carbocycles. The highest BCUT2D eigenvalue weighted by Gasteiger charge is 2.19. The van der Waals surface area contributed by atoms with Crippen LogP contribution in [-0.2, 0) is 28.6 Å². The van der Waals surface area contributed by atoms with Crippen molar-refractivity contribution in [2.45, 2.75) is 335 Å². The van der Waals surface area contributed by atoms with Crippen LogP contribution in [0.4, 0.5) is 0 Å². The number of ether oxygens (including phenoxy) is 3. The molecule has 474 valence electrons. The average Bonchev–Trinajstić information content (AvgIpc) is 3.49. The molecule has 83 heavy (non-hydrogen) atoms. The lowest BCUT2D eigenvalue weighted by Crippen LogP contribution is -2.30. The minimum atomic E-state index is -0.787. The van der Waals surface area contributed by atoms with Gasteiger partial charge in [-0.15, -0.1) is 0 Å². The SMILES string of the molecule is CC/C=C\C/C=C\C/C=C\C/C=C\C/C=C\C/C=C\C/C=C\C/C=C\C/C=C\CCCCCCCCCC(=O)OCC(COC(=O)CCCCCCC/C=C\CCCCCC)OC(=O)CCCCCCCCCCCCCCCCCCC. The van der Waals surface area contributed by atoms with Crippen LogP contribution in [0.2, 0.25) is 0 Å². The Kier molecular flexibility index (Phi) is 66.7. The Hall–Kier alpha value is -4.19. The molecule has 6 nitrogen and oxygen atoms in total. The fraction of sp³-hybridized carbons (Fsp3) is 0.701.